The first kappa shape index (κ1) is 17.4. The van der Waals surface area contributed by atoms with Gasteiger partial charge in [-0.1, -0.05) is 6.07 Å². The SMILES string of the molecule is COC[C@@H]1[C@@H](NC(=O)C(C)(C)NC(=O)c2cccs2)[C@@H]2CCO[C@H]12. The molecule has 1 saturated heterocycles. The van der Waals surface area contributed by atoms with Crippen LogP contribution < -0.4 is 10.6 Å². The number of carbonyl (C=O) groups is 2. The zero-order valence-electron chi connectivity index (χ0n) is 14.2. The number of hydrogen-bond donors (Lipinski definition) is 2. The lowest BCUT2D eigenvalue weighted by Gasteiger charge is -2.48. The minimum Gasteiger partial charge on any atom is -0.384 e. The highest BCUT2D eigenvalue weighted by Gasteiger charge is 2.54. The summed E-state index contributed by atoms with van der Waals surface area (Å²) in [5.41, 5.74) is -0.983. The van der Waals surface area contributed by atoms with Gasteiger partial charge in [0, 0.05) is 31.6 Å². The molecule has 0 unspecified atom stereocenters. The summed E-state index contributed by atoms with van der Waals surface area (Å²) in [6, 6.07) is 3.61. The summed E-state index contributed by atoms with van der Waals surface area (Å²) >= 11 is 1.36. The van der Waals surface area contributed by atoms with E-state index in [-0.39, 0.29) is 29.9 Å². The molecule has 2 aliphatic rings. The largest absolute Gasteiger partial charge is 0.384 e. The number of methoxy groups -OCH3 is 1. The van der Waals surface area contributed by atoms with Crippen molar-refractivity contribution in [1.29, 1.82) is 0 Å². The van der Waals surface area contributed by atoms with E-state index in [9.17, 15) is 9.59 Å². The van der Waals surface area contributed by atoms with Gasteiger partial charge in [-0.15, -0.1) is 11.3 Å². The fourth-order valence-electron chi connectivity index (χ4n) is 3.58. The number of thiophene rings is 1. The Balaban J connectivity index is 1.61. The first-order valence-corrected chi connectivity index (χ1v) is 9.09. The van der Waals surface area contributed by atoms with Gasteiger partial charge in [0.25, 0.3) is 5.91 Å². The summed E-state index contributed by atoms with van der Waals surface area (Å²) in [6.07, 6.45) is 1.14. The third kappa shape index (κ3) is 3.20. The van der Waals surface area contributed by atoms with Gasteiger partial charge in [0.05, 0.1) is 17.6 Å². The van der Waals surface area contributed by atoms with Crippen LogP contribution >= 0.6 is 11.3 Å². The Morgan fingerprint density at radius 1 is 1.46 bits per heavy atom. The number of rotatable bonds is 6. The van der Waals surface area contributed by atoms with Gasteiger partial charge >= 0.3 is 0 Å². The van der Waals surface area contributed by atoms with Crippen molar-refractivity contribution in [2.75, 3.05) is 20.3 Å². The Morgan fingerprint density at radius 3 is 2.92 bits per heavy atom. The van der Waals surface area contributed by atoms with E-state index in [2.05, 4.69) is 10.6 Å². The van der Waals surface area contributed by atoms with Crippen LogP contribution in [0.2, 0.25) is 0 Å². The van der Waals surface area contributed by atoms with Crippen molar-refractivity contribution in [2.24, 2.45) is 11.8 Å². The van der Waals surface area contributed by atoms with Crippen molar-refractivity contribution in [1.82, 2.24) is 10.6 Å². The number of hydrogen-bond acceptors (Lipinski definition) is 5. The van der Waals surface area contributed by atoms with Crippen molar-refractivity contribution in [2.45, 2.75) is 38.0 Å². The molecule has 2 N–H and O–H groups in total. The van der Waals surface area contributed by atoms with Gasteiger partial charge in [0.2, 0.25) is 5.91 Å². The molecule has 1 aromatic rings. The quantitative estimate of drug-likeness (QED) is 0.812. The molecule has 1 aromatic heterocycles. The third-order valence-electron chi connectivity index (χ3n) is 4.92. The van der Waals surface area contributed by atoms with E-state index < -0.39 is 5.54 Å². The molecule has 3 rings (SSSR count). The number of ether oxygens (including phenoxy) is 2. The van der Waals surface area contributed by atoms with E-state index >= 15 is 0 Å². The summed E-state index contributed by atoms with van der Waals surface area (Å²) in [7, 11) is 1.66. The molecule has 132 valence electrons. The maximum Gasteiger partial charge on any atom is 0.262 e. The molecule has 0 bridgehead atoms. The van der Waals surface area contributed by atoms with E-state index in [1.807, 2.05) is 11.4 Å². The van der Waals surface area contributed by atoms with Gasteiger partial charge in [-0.05, 0) is 31.7 Å². The third-order valence-corrected chi connectivity index (χ3v) is 5.79. The zero-order valence-corrected chi connectivity index (χ0v) is 15.0. The zero-order chi connectivity index (χ0) is 17.3. The lowest BCUT2D eigenvalue weighted by molar-refractivity contribution is -0.134. The fourth-order valence-corrected chi connectivity index (χ4v) is 4.20. The Hall–Kier alpha value is -1.44. The van der Waals surface area contributed by atoms with Gasteiger partial charge in [0.1, 0.15) is 5.54 Å². The molecule has 0 spiro atoms. The minimum atomic E-state index is -0.983. The van der Waals surface area contributed by atoms with Crippen LogP contribution in [0, 0.1) is 11.8 Å². The second-order valence-corrected chi connectivity index (χ2v) is 7.91. The van der Waals surface area contributed by atoms with E-state index in [1.165, 1.54) is 11.3 Å². The number of nitrogens with one attached hydrogen (secondary N) is 2. The van der Waals surface area contributed by atoms with Crippen molar-refractivity contribution < 1.29 is 19.1 Å². The van der Waals surface area contributed by atoms with Crippen LogP contribution in [0.3, 0.4) is 0 Å². The van der Waals surface area contributed by atoms with Crippen molar-refractivity contribution in [3.8, 4) is 0 Å². The predicted molar refractivity (Wildman–Crippen MR) is 91.0 cm³/mol. The summed E-state index contributed by atoms with van der Waals surface area (Å²) in [4.78, 5) is 25.5. The molecule has 1 aliphatic heterocycles. The van der Waals surface area contributed by atoms with Gasteiger partial charge in [-0.25, -0.2) is 0 Å². The molecule has 2 amide bonds. The average Bonchev–Trinajstić information content (AvgIpc) is 3.19. The Labute approximate surface area is 145 Å². The lowest BCUT2D eigenvalue weighted by atomic mass is 9.67. The summed E-state index contributed by atoms with van der Waals surface area (Å²) in [5.74, 6) is 0.117. The number of carbonyl (C=O) groups excluding carboxylic acids is 2. The highest BCUT2D eigenvalue weighted by atomic mass is 32.1. The smallest absolute Gasteiger partial charge is 0.262 e. The van der Waals surface area contributed by atoms with Crippen molar-refractivity contribution >= 4 is 23.2 Å². The van der Waals surface area contributed by atoms with Crippen LogP contribution in [0.25, 0.3) is 0 Å². The molecular formula is C17H24N2O4S. The van der Waals surface area contributed by atoms with Gasteiger partial charge in [-0.3, -0.25) is 9.59 Å². The second kappa shape index (κ2) is 6.82. The molecule has 0 aromatic carbocycles. The molecule has 2 heterocycles. The first-order chi connectivity index (χ1) is 11.4. The second-order valence-electron chi connectivity index (χ2n) is 6.96. The summed E-state index contributed by atoms with van der Waals surface area (Å²) in [6.45, 7) is 4.75. The predicted octanol–water partition coefficient (Wildman–Crippen LogP) is 1.42. The number of fused-ring (bicyclic) bond motifs is 1. The molecule has 4 atom stereocenters. The number of amides is 2. The highest BCUT2D eigenvalue weighted by Crippen LogP contribution is 2.43. The first-order valence-electron chi connectivity index (χ1n) is 8.21. The van der Waals surface area contributed by atoms with Crippen molar-refractivity contribution in [3.63, 3.8) is 0 Å². The van der Waals surface area contributed by atoms with Crippen LogP contribution in [0.1, 0.15) is 29.9 Å². The molecule has 1 aliphatic carbocycles. The maximum absolute atomic E-state index is 12.7. The van der Waals surface area contributed by atoms with Crippen molar-refractivity contribution in [3.05, 3.63) is 22.4 Å². The van der Waals surface area contributed by atoms with Crippen LogP contribution in [0.15, 0.2) is 17.5 Å². The molecule has 6 nitrogen and oxygen atoms in total. The van der Waals surface area contributed by atoms with Crippen LogP contribution in [0.5, 0.6) is 0 Å². The summed E-state index contributed by atoms with van der Waals surface area (Å²) in [5, 5.41) is 7.76. The Kier molecular flexibility index (Phi) is 4.94. The molecule has 24 heavy (non-hydrogen) atoms. The molecule has 2 fully saturated rings. The molecule has 1 saturated carbocycles. The normalized spacial score (nSPS) is 28.8. The molecule has 0 radical (unpaired) electrons. The average molecular weight is 352 g/mol. The van der Waals surface area contributed by atoms with Gasteiger partial charge in [-0.2, -0.15) is 0 Å². The standard InChI is InChI=1S/C17H24N2O4S/c1-17(2,19-15(20)12-5-4-8-24-12)16(21)18-13-10-6-7-23-14(10)11(13)9-22-3/h4-5,8,10-11,13-14H,6-7,9H2,1-3H3,(H,18,21)(H,19,20)/t10-,11+,13-,14-/m0/s1. The summed E-state index contributed by atoms with van der Waals surface area (Å²) < 4.78 is 11.0. The van der Waals surface area contributed by atoms with E-state index in [0.717, 1.165) is 13.0 Å². The van der Waals surface area contributed by atoms with Gasteiger partial charge in [0.15, 0.2) is 0 Å². The van der Waals surface area contributed by atoms with E-state index in [4.69, 9.17) is 9.47 Å². The topological polar surface area (TPSA) is 76.7 Å². The minimum absolute atomic E-state index is 0.0443. The van der Waals surface area contributed by atoms with E-state index in [0.29, 0.717) is 17.4 Å². The Bertz CT molecular complexity index is 602. The van der Waals surface area contributed by atoms with Gasteiger partial charge < -0.3 is 20.1 Å². The highest BCUT2D eigenvalue weighted by molar-refractivity contribution is 7.12. The Morgan fingerprint density at radius 2 is 2.25 bits per heavy atom. The van der Waals surface area contributed by atoms with E-state index in [1.54, 1.807) is 27.0 Å². The van der Waals surface area contributed by atoms with Crippen LogP contribution in [-0.4, -0.2) is 49.8 Å². The fraction of sp³-hybridized carbons (Fsp3) is 0.647. The van der Waals surface area contributed by atoms with Crippen LogP contribution in [-0.2, 0) is 14.3 Å². The van der Waals surface area contributed by atoms with Crippen LogP contribution in [0.4, 0.5) is 0 Å². The monoisotopic (exact) mass is 352 g/mol. The maximum atomic E-state index is 12.7. The molecule has 7 heteroatoms. The molecular weight excluding hydrogens is 328 g/mol. The lowest BCUT2D eigenvalue weighted by Crippen LogP contribution is -2.66.